The van der Waals surface area contributed by atoms with Crippen LogP contribution in [0.2, 0.25) is 0 Å². The number of pyridine rings is 1. The normalized spacial score (nSPS) is 23.1. The quantitative estimate of drug-likeness (QED) is 0.761. The summed E-state index contributed by atoms with van der Waals surface area (Å²) in [7, 11) is 1.63. The molecule has 1 aromatic rings. The predicted octanol–water partition coefficient (Wildman–Crippen LogP) is 4.27. The zero-order valence-corrected chi connectivity index (χ0v) is 18.1. The first-order valence-electron chi connectivity index (χ1n) is 10.3. The SMILES string of the molecule is COC1CN(c2cccc(C3=C(O)CCC(C)=C3)n2)CCC1C(=O)OC(C)(C)C. The van der Waals surface area contributed by atoms with E-state index in [1.54, 1.807) is 7.11 Å². The molecule has 1 aromatic heterocycles. The monoisotopic (exact) mass is 400 g/mol. The van der Waals surface area contributed by atoms with Gasteiger partial charge >= 0.3 is 5.97 Å². The Morgan fingerprint density at radius 3 is 2.72 bits per heavy atom. The van der Waals surface area contributed by atoms with Crippen LogP contribution < -0.4 is 4.90 Å². The van der Waals surface area contributed by atoms with E-state index >= 15 is 0 Å². The lowest BCUT2D eigenvalue weighted by Gasteiger charge is -2.38. The van der Waals surface area contributed by atoms with Crippen LogP contribution in [0.3, 0.4) is 0 Å². The molecule has 1 N–H and O–H groups in total. The third-order valence-electron chi connectivity index (χ3n) is 5.36. The minimum atomic E-state index is -0.510. The van der Waals surface area contributed by atoms with Crippen LogP contribution in [0.25, 0.3) is 5.57 Å². The second kappa shape index (κ2) is 8.57. The number of hydrogen-bond donors (Lipinski definition) is 1. The Balaban J connectivity index is 1.77. The van der Waals surface area contributed by atoms with Crippen molar-refractivity contribution in [3.05, 3.63) is 41.3 Å². The number of aliphatic hydroxyl groups is 1. The molecule has 1 saturated heterocycles. The number of hydrogen-bond acceptors (Lipinski definition) is 6. The van der Waals surface area contributed by atoms with Crippen LogP contribution in [0.1, 0.15) is 52.7 Å². The maximum atomic E-state index is 12.6. The second-order valence-corrected chi connectivity index (χ2v) is 8.88. The largest absolute Gasteiger partial charge is 0.512 e. The number of rotatable bonds is 4. The van der Waals surface area contributed by atoms with Gasteiger partial charge in [-0.3, -0.25) is 4.79 Å². The maximum absolute atomic E-state index is 12.6. The van der Waals surface area contributed by atoms with Crippen LogP contribution in [-0.2, 0) is 14.3 Å². The molecule has 6 nitrogen and oxygen atoms in total. The van der Waals surface area contributed by atoms with Crippen LogP contribution in [0.4, 0.5) is 5.82 Å². The molecule has 2 unspecified atom stereocenters. The lowest BCUT2D eigenvalue weighted by atomic mass is 9.93. The smallest absolute Gasteiger partial charge is 0.312 e. The van der Waals surface area contributed by atoms with Gasteiger partial charge in [0.1, 0.15) is 17.2 Å². The molecule has 6 heteroatoms. The van der Waals surface area contributed by atoms with Crippen molar-refractivity contribution in [2.75, 3.05) is 25.1 Å². The molecule has 1 aliphatic heterocycles. The Morgan fingerprint density at radius 1 is 1.28 bits per heavy atom. The van der Waals surface area contributed by atoms with E-state index in [0.29, 0.717) is 31.7 Å². The zero-order chi connectivity index (χ0) is 21.2. The Bertz CT molecular complexity index is 822. The number of aromatic nitrogens is 1. The molecule has 0 saturated carbocycles. The highest BCUT2D eigenvalue weighted by molar-refractivity contribution is 5.76. The summed E-state index contributed by atoms with van der Waals surface area (Å²) < 4.78 is 11.2. The molecule has 3 rings (SSSR count). The van der Waals surface area contributed by atoms with Crippen LogP contribution in [-0.4, -0.2) is 48.0 Å². The van der Waals surface area contributed by atoms with Crippen LogP contribution in [0.15, 0.2) is 35.6 Å². The molecule has 29 heavy (non-hydrogen) atoms. The van der Waals surface area contributed by atoms with E-state index < -0.39 is 5.60 Å². The molecule has 158 valence electrons. The first-order chi connectivity index (χ1) is 13.7. The van der Waals surface area contributed by atoms with Gasteiger partial charge in [-0.15, -0.1) is 0 Å². The predicted molar refractivity (Wildman–Crippen MR) is 114 cm³/mol. The fraction of sp³-hybridized carbons (Fsp3) is 0.565. The van der Waals surface area contributed by atoms with Crippen molar-refractivity contribution in [2.24, 2.45) is 5.92 Å². The van der Waals surface area contributed by atoms with Crippen LogP contribution in [0.5, 0.6) is 0 Å². The highest BCUT2D eigenvalue weighted by atomic mass is 16.6. The van der Waals surface area contributed by atoms with Crippen molar-refractivity contribution in [2.45, 2.75) is 58.7 Å². The molecule has 2 aliphatic rings. The number of esters is 1. The highest BCUT2D eigenvalue weighted by Crippen LogP contribution is 2.31. The summed E-state index contributed by atoms with van der Waals surface area (Å²) in [6.07, 6.45) is 3.93. The van der Waals surface area contributed by atoms with E-state index in [1.807, 2.05) is 45.0 Å². The highest BCUT2D eigenvalue weighted by Gasteiger charge is 2.37. The molecule has 0 bridgehead atoms. The van der Waals surface area contributed by atoms with E-state index in [0.717, 1.165) is 23.5 Å². The number of aliphatic hydroxyl groups excluding tert-OH is 1. The molecule has 0 spiro atoms. The second-order valence-electron chi connectivity index (χ2n) is 8.88. The Labute approximate surface area is 173 Å². The van der Waals surface area contributed by atoms with E-state index in [2.05, 4.69) is 11.8 Å². The summed E-state index contributed by atoms with van der Waals surface area (Å²) in [6, 6.07) is 5.84. The van der Waals surface area contributed by atoms with Gasteiger partial charge in [0.15, 0.2) is 0 Å². The fourth-order valence-electron chi connectivity index (χ4n) is 3.83. The molecular weight excluding hydrogens is 368 g/mol. The summed E-state index contributed by atoms with van der Waals surface area (Å²) in [6.45, 7) is 8.96. The third-order valence-corrected chi connectivity index (χ3v) is 5.36. The van der Waals surface area contributed by atoms with Crippen molar-refractivity contribution in [3.63, 3.8) is 0 Å². The summed E-state index contributed by atoms with van der Waals surface area (Å²) in [5.41, 5.74) is 2.29. The standard InChI is InChI=1S/C23H32N2O4/c1-15-9-10-19(26)17(13-15)18-7-6-8-21(24-18)25-12-11-16(20(14-25)28-5)22(27)29-23(2,3)4/h6-8,13,16,20,26H,9-12,14H2,1-5H3. The number of carbonyl (C=O) groups is 1. The number of anilines is 1. The van der Waals surface area contributed by atoms with Gasteiger partial charge in [0.05, 0.1) is 17.7 Å². The van der Waals surface area contributed by atoms with E-state index in [-0.39, 0.29) is 18.0 Å². The summed E-state index contributed by atoms with van der Waals surface area (Å²) in [5, 5.41) is 10.3. The van der Waals surface area contributed by atoms with Crippen LogP contribution in [0, 0.1) is 5.92 Å². The summed E-state index contributed by atoms with van der Waals surface area (Å²) >= 11 is 0. The molecule has 0 amide bonds. The van der Waals surface area contributed by atoms with Crippen molar-refractivity contribution < 1.29 is 19.4 Å². The van der Waals surface area contributed by atoms with Gasteiger partial charge in [0.2, 0.25) is 0 Å². The third kappa shape index (κ3) is 5.18. The maximum Gasteiger partial charge on any atom is 0.312 e. The fourth-order valence-corrected chi connectivity index (χ4v) is 3.83. The average molecular weight is 401 g/mol. The summed E-state index contributed by atoms with van der Waals surface area (Å²) in [4.78, 5) is 19.5. The van der Waals surface area contributed by atoms with Gasteiger partial charge in [-0.25, -0.2) is 4.98 Å². The van der Waals surface area contributed by atoms with E-state index in [1.165, 1.54) is 5.57 Å². The molecule has 1 aliphatic carbocycles. The average Bonchev–Trinajstić information content (AvgIpc) is 2.68. The van der Waals surface area contributed by atoms with E-state index in [9.17, 15) is 9.90 Å². The Kier molecular flexibility index (Phi) is 6.32. The first-order valence-corrected chi connectivity index (χ1v) is 10.3. The minimum Gasteiger partial charge on any atom is -0.512 e. The van der Waals surface area contributed by atoms with Gasteiger partial charge in [0, 0.05) is 32.2 Å². The van der Waals surface area contributed by atoms with Crippen LogP contribution >= 0.6 is 0 Å². The Hall–Kier alpha value is -2.34. The molecule has 1 fully saturated rings. The number of nitrogens with zero attached hydrogens (tertiary/aromatic N) is 2. The Morgan fingerprint density at radius 2 is 2.03 bits per heavy atom. The zero-order valence-electron chi connectivity index (χ0n) is 18.1. The van der Waals surface area contributed by atoms with E-state index in [4.69, 9.17) is 14.5 Å². The molecule has 2 atom stereocenters. The number of piperidine rings is 1. The van der Waals surface area contributed by atoms with Gasteiger partial charge < -0.3 is 19.5 Å². The number of carbonyl (C=O) groups excluding carboxylic acids is 1. The number of methoxy groups -OCH3 is 1. The molecule has 2 heterocycles. The van der Waals surface area contributed by atoms with Crippen molar-refractivity contribution in [1.29, 1.82) is 0 Å². The first kappa shape index (κ1) is 21.4. The van der Waals surface area contributed by atoms with Gasteiger partial charge in [0.25, 0.3) is 0 Å². The number of allylic oxidation sites excluding steroid dienone is 4. The topological polar surface area (TPSA) is 71.9 Å². The molecule has 0 radical (unpaired) electrons. The molecule has 0 aromatic carbocycles. The van der Waals surface area contributed by atoms with Gasteiger partial charge in [-0.1, -0.05) is 17.7 Å². The lowest BCUT2D eigenvalue weighted by molar-refractivity contribution is -0.165. The van der Waals surface area contributed by atoms with Crippen molar-refractivity contribution >= 4 is 17.4 Å². The number of ether oxygens (including phenoxy) is 2. The minimum absolute atomic E-state index is 0.205. The molecular formula is C23H32N2O4. The van der Waals surface area contributed by atoms with Crippen molar-refractivity contribution in [3.8, 4) is 0 Å². The van der Waals surface area contributed by atoms with Crippen molar-refractivity contribution in [1.82, 2.24) is 4.98 Å². The van der Waals surface area contributed by atoms with Gasteiger partial charge in [-0.2, -0.15) is 0 Å². The summed E-state index contributed by atoms with van der Waals surface area (Å²) in [5.74, 6) is 0.723. The lowest BCUT2D eigenvalue weighted by Crippen LogP contribution is -2.49. The van der Waals surface area contributed by atoms with Gasteiger partial charge in [-0.05, 0) is 52.7 Å².